The summed E-state index contributed by atoms with van der Waals surface area (Å²) in [6.07, 6.45) is 0.968. The van der Waals surface area contributed by atoms with Gasteiger partial charge in [0.2, 0.25) is 0 Å². The summed E-state index contributed by atoms with van der Waals surface area (Å²) in [5.74, 6) is 2.67. The standard InChI is InChI=1S/C23H27N5/c1-27-14-16-28(17-15-27)22-18-21(24-13-12-19-8-4-2-5-9-19)25-23(26-22)20-10-6-3-7-11-20/h2-11,18H,12-17H2,1H3,(H,24,25,26). The fourth-order valence-corrected chi connectivity index (χ4v) is 3.42. The third-order valence-corrected chi connectivity index (χ3v) is 5.13. The number of piperazine rings is 1. The Hall–Kier alpha value is -2.92. The predicted molar refractivity (Wildman–Crippen MR) is 116 cm³/mol. The van der Waals surface area contributed by atoms with Crippen molar-refractivity contribution >= 4 is 11.6 Å². The van der Waals surface area contributed by atoms with E-state index in [-0.39, 0.29) is 0 Å². The van der Waals surface area contributed by atoms with Crippen molar-refractivity contribution in [3.05, 3.63) is 72.3 Å². The fraction of sp³-hybridized carbons (Fsp3) is 0.304. The Kier molecular flexibility index (Phi) is 5.83. The summed E-state index contributed by atoms with van der Waals surface area (Å²) in [6.45, 7) is 4.94. The van der Waals surface area contributed by atoms with Crippen LogP contribution in [0.5, 0.6) is 0 Å². The molecule has 0 atom stereocenters. The highest BCUT2D eigenvalue weighted by molar-refractivity contribution is 5.61. The van der Waals surface area contributed by atoms with E-state index in [4.69, 9.17) is 9.97 Å². The lowest BCUT2D eigenvalue weighted by atomic mass is 10.1. The molecule has 5 heteroatoms. The van der Waals surface area contributed by atoms with E-state index in [1.54, 1.807) is 0 Å². The molecule has 0 spiro atoms. The van der Waals surface area contributed by atoms with E-state index in [0.29, 0.717) is 0 Å². The van der Waals surface area contributed by atoms with Crippen molar-refractivity contribution in [2.75, 3.05) is 50.0 Å². The minimum atomic E-state index is 0.777. The topological polar surface area (TPSA) is 44.3 Å². The van der Waals surface area contributed by atoms with Gasteiger partial charge in [-0.25, -0.2) is 9.97 Å². The smallest absolute Gasteiger partial charge is 0.163 e. The summed E-state index contributed by atoms with van der Waals surface area (Å²) in [6, 6.07) is 22.8. The number of likely N-dealkylation sites (N-methyl/N-ethyl adjacent to an activating group) is 1. The summed E-state index contributed by atoms with van der Waals surface area (Å²) >= 11 is 0. The van der Waals surface area contributed by atoms with Gasteiger partial charge in [0.05, 0.1) is 0 Å². The number of hydrogen-bond acceptors (Lipinski definition) is 5. The van der Waals surface area contributed by atoms with Gasteiger partial charge in [-0.2, -0.15) is 0 Å². The van der Waals surface area contributed by atoms with Crippen molar-refractivity contribution < 1.29 is 0 Å². The molecule has 144 valence electrons. The summed E-state index contributed by atoms with van der Waals surface area (Å²) in [5.41, 5.74) is 2.37. The van der Waals surface area contributed by atoms with Gasteiger partial charge in [0.1, 0.15) is 11.6 Å². The highest BCUT2D eigenvalue weighted by Gasteiger charge is 2.17. The quantitative estimate of drug-likeness (QED) is 0.716. The Labute approximate surface area is 167 Å². The fourth-order valence-electron chi connectivity index (χ4n) is 3.42. The zero-order valence-corrected chi connectivity index (χ0v) is 16.4. The maximum atomic E-state index is 4.87. The molecule has 0 amide bonds. The molecule has 0 unspecified atom stereocenters. The molecule has 0 radical (unpaired) electrons. The van der Waals surface area contributed by atoms with E-state index in [2.05, 4.69) is 70.7 Å². The van der Waals surface area contributed by atoms with Gasteiger partial charge in [0.15, 0.2) is 5.82 Å². The van der Waals surface area contributed by atoms with Crippen LogP contribution >= 0.6 is 0 Å². The number of anilines is 2. The first-order valence-electron chi connectivity index (χ1n) is 9.94. The molecule has 1 aliphatic rings. The van der Waals surface area contributed by atoms with Crippen molar-refractivity contribution in [3.63, 3.8) is 0 Å². The molecule has 1 aliphatic heterocycles. The summed E-state index contributed by atoms with van der Waals surface area (Å²) < 4.78 is 0. The molecule has 2 aromatic carbocycles. The van der Waals surface area contributed by atoms with Crippen LogP contribution in [0.4, 0.5) is 11.6 Å². The van der Waals surface area contributed by atoms with Crippen molar-refractivity contribution in [1.82, 2.24) is 14.9 Å². The molecular formula is C23H27N5. The predicted octanol–water partition coefficient (Wildman–Crippen LogP) is 3.55. The van der Waals surface area contributed by atoms with Crippen LogP contribution in [0.1, 0.15) is 5.56 Å². The molecule has 28 heavy (non-hydrogen) atoms. The maximum absolute atomic E-state index is 4.87. The summed E-state index contributed by atoms with van der Waals surface area (Å²) in [4.78, 5) is 14.4. The van der Waals surface area contributed by atoms with Crippen LogP contribution < -0.4 is 10.2 Å². The largest absolute Gasteiger partial charge is 0.370 e. The Morgan fingerprint density at radius 2 is 1.54 bits per heavy atom. The van der Waals surface area contributed by atoms with E-state index in [9.17, 15) is 0 Å². The van der Waals surface area contributed by atoms with E-state index >= 15 is 0 Å². The maximum Gasteiger partial charge on any atom is 0.163 e. The first kappa shape index (κ1) is 18.4. The molecule has 5 nitrogen and oxygen atoms in total. The highest BCUT2D eigenvalue weighted by Crippen LogP contribution is 2.23. The zero-order valence-electron chi connectivity index (χ0n) is 16.4. The third kappa shape index (κ3) is 4.67. The Morgan fingerprint density at radius 1 is 0.857 bits per heavy atom. The first-order valence-corrected chi connectivity index (χ1v) is 9.94. The zero-order chi connectivity index (χ0) is 19.2. The molecule has 4 rings (SSSR count). The second-order valence-electron chi connectivity index (χ2n) is 7.25. The van der Waals surface area contributed by atoms with Crippen molar-refractivity contribution in [2.45, 2.75) is 6.42 Å². The molecule has 0 saturated carbocycles. The number of nitrogens with zero attached hydrogens (tertiary/aromatic N) is 4. The lowest BCUT2D eigenvalue weighted by Crippen LogP contribution is -2.44. The summed E-state index contributed by atoms with van der Waals surface area (Å²) in [7, 11) is 2.17. The lowest BCUT2D eigenvalue weighted by molar-refractivity contribution is 0.312. The molecular weight excluding hydrogens is 346 g/mol. The van der Waals surface area contributed by atoms with Gasteiger partial charge in [-0.3, -0.25) is 0 Å². The minimum Gasteiger partial charge on any atom is -0.370 e. The van der Waals surface area contributed by atoms with Crippen molar-refractivity contribution in [1.29, 1.82) is 0 Å². The van der Waals surface area contributed by atoms with Crippen LogP contribution in [0, 0.1) is 0 Å². The number of benzene rings is 2. The second kappa shape index (κ2) is 8.85. The van der Waals surface area contributed by atoms with Crippen LogP contribution in [0.15, 0.2) is 66.7 Å². The van der Waals surface area contributed by atoms with E-state index < -0.39 is 0 Å². The van der Waals surface area contributed by atoms with Crippen molar-refractivity contribution in [2.24, 2.45) is 0 Å². The van der Waals surface area contributed by atoms with Crippen LogP contribution in [-0.4, -0.2) is 54.6 Å². The molecule has 1 fully saturated rings. The molecule has 1 saturated heterocycles. The molecule has 0 aliphatic carbocycles. The van der Waals surface area contributed by atoms with Gasteiger partial charge >= 0.3 is 0 Å². The molecule has 2 heterocycles. The average molecular weight is 374 g/mol. The molecule has 1 N–H and O–H groups in total. The number of aromatic nitrogens is 2. The summed E-state index contributed by atoms with van der Waals surface area (Å²) in [5, 5.41) is 3.50. The van der Waals surface area contributed by atoms with E-state index in [1.807, 2.05) is 18.2 Å². The van der Waals surface area contributed by atoms with E-state index in [1.165, 1.54) is 5.56 Å². The SMILES string of the molecule is CN1CCN(c2cc(NCCc3ccccc3)nc(-c3ccccc3)n2)CC1. The normalized spacial score (nSPS) is 14.8. The van der Waals surface area contributed by atoms with Gasteiger partial charge in [-0.05, 0) is 19.0 Å². The Bertz CT molecular complexity index is 874. The van der Waals surface area contributed by atoms with Crippen molar-refractivity contribution in [3.8, 4) is 11.4 Å². The highest BCUT2D eigenvalue weighted by atomic mass is 15.3. The lowest BCUT2D eigenvalue weighted by Gasteiger charge is -2.33. The first-order chi connectivity index (χ1) is 13.8. The van der Waals surface area contributed by atoms with Gasteiger partial charge in [0.25, 0.3) is 0 Å². The average Bonchev–Trinajstić information content (AvgIpc) is 2.75. The molecule has 1 aromatic heterocycles. The molecule has 0 bridgehead atoms. The van der Waals surface area contributed by atoms with Gasteiger partial charge in [-0.15, -0.1) is 0 Å². The van der Waals surface area contributed by atoms with Gasteiger partial charge in [-0.1, -0.05) is 60.7 Å². The second-order valence-corrected chi connectivity index (χ2v) is 7.25. The Morgan fingerprint density at radius 3 is 2.25 bits per heavy atom. The number of hydrogen-bond donors (Lipinski definition) is 1. The van der Waals surface area contributed by atoms with Crippen LogP contribution in [0.25, 0.3) is 11.4 Å². The number of rotatable bonds is 6. The third-order valence-electron chi connectivity index (χ3n) is 5.13. The minimum absolute atomic E-state index is 0.777. The van der Waals surface area contributed by atoms with Crippen LogP contribution in [0.2, 0.25) is 0 Å². The number of nitrogens with one attached hydrogen (secondary N) is 1. The molecule has 3 aromatic rings. The van der Waals surface area contributed by atoms with Gasteiger partial charge in [0, 0.05) is 44.4 Å². The van der Waals surface area contributed by atoms with Gasteiger partial charge < -0.3 is 15.1 Å². The Balaban J connectivity index is 1.55. The van der Waals surface area contributed by atoms with Crippen LogP contribution in [0.3, 0.4) is 0 Å². The van der Waals surface area contributed by atoms with Crippen LogP contribution in [-0.2, 0) is 6.42 Å². The van der Waals surface area contributed by atoms with E-state index in [0.717, 1.165) is 62.2 Å². The monoisotopic (exact) mass is 373 g/mol.